The molecular formula is C20H15ClF2N6O4S. The highest BCUT2D eigenvalue weighted by Gasteiger charge is 2.26. The van der Waals surface area contributed by atoms with Crippen molar-refractivity contribution in [3.8, 4) is 17.1 Å². The molecule has 4 rings (SSSR count). The van der Waals surface area contributed by atoms with Gasteiger partial charge in [0.2, 0.25) is 16.8 Å². The lowest BCUT2D eigenvalue weighted by Crippen LogP contribution is -2.18. The fourth-order valence-electron chi connectivity index (χ4n) is 3.29. The quantitative estimate of drug-likeness (QED) is 0.384. The average molecular weight is 509 g/mol. The molecule has 0 unspecified atom stereocenters. The highest BCUT2D eigenvalue weighted by Crippen LogP contribution is 2.39. The highest BCUT2D eigenvalue weighted by atomic mass is 35.5. The van der Waals surface area contributed by atoms with Crippen molar-refractivity contribution in [1.29, 1.82) is 0 Å². The molecule has 0 aliphatic heterocycles. The van der Waals surface area contributed by atoms with Crippen molar-refractivity contribution in [3.63, 3.8) is 0 Å². The second-order valence-corrected chi connectivity index (χ2v) is 8.04. The number of thiol groups is 1. The van der Waals surface area contributed by atoms with Gasteiger partial charge in [0.15, 0.2) is 11.5 Å². The summed E-state index contributed by atoms with van der Waals surface area (Å²) in [5.74, 6) is -2.80. The normalized spacial score (nSPS) is 11.1. The Hall–Kier alpha value is -3.84. The van der Waals surface area contributed by atoms with Crippen LogP contribution in [0.15, 0.2) is 43.1 Å². The van der Waals surface area contributed by atoms with Crippen LogP contribution >= 0.6 is 11.6 Å². The first kappa shape index (κ1) is 23.3. The number of pyridine rings is 1. The van der Waals surface area contributed by atoms with Crippen LogP contribution in [0.25, 0.3) is 16.8 Å². The lowest BCUT2D eigenvalue weighted by Gasteiger charge is -2.21. The van der Waals surface area contributed by atoms with E-state index >= 15 is 4.39 Å². The minimum absolute atomic E-state index is 0.0690. The molecule has 14 heteroatoms. The molecule has 3 heterocycles. The van der Waals surface area contributed by atoms with Crippen LogP contribution in [-0.2, 0) is 10.9 Å². The van der Waals surface area contributed by atoms with Gasteiger partial charge >= 0.3 is 0 Å². The first-order valence-electron chi connectivity index (χ1n) is 9.44. The van der Waals surface area contributed by atoms with E-state index in [1.165, 1.54) is 49.5 Å². The molecule has 3 aromatic heterocycles. The number of nitrogens with one attached hydrogen (secondary N) is 1. The zero-order valence-corrected chi connectivity index (χ0v) is 19.1. The van der Waals surface area contributed by atoms with Crippen LogP contribution in [0, 0.1) is 11.6 Å². The first-order chi connectivity index (χ1) is 16.3. The SMILES string of the molecule is CNC(=O)c1ncn2cc(-c3c(F)ccc(N(c4cc(Cl)cnc4OC)[SH](=O)=O)c3F)ncc12. The number of nitrogens with zero attached hydrogens (tertiary/aromatic N) is 5. The summed E-state index contributed by atoms with van der Waals surface area (Å²) in [5, 5.41) is 2.50. The van der Waals surface area contributed by atoms with Crippen LogP contribution in [0.5, 0.6) is 5.88 Å². The van der Waals surface area contributed by atoms with Gasteiger partial charge in [-0.15, -0.1) is 0 Å². The van der Waals surface area contributed by atoms with Gasteiger partial charge in [0.05, 0.1) is 40.8 Å². The third kappa shape index (κ3) is 3.99. The molecule has 1 N–H and O–H groups in total. The van der Waals surface area contributed by atoms with E-state index in [1.54, 1.807) is 0 Å². The largest absolute Gasteiger partial charge is 0.479 e. The molecule has 0 radical (unpaired) electrons. The molecule has 10 nitrogen and oxygen atoms in total. The van der Waals surface area contributed by atoms with E-state index in [-0.39, 0.29) is 28.0 Å². The van der Waals surface area contributed by atoms with Crippen LogP contribution in [0.4, 0.5) is 20.2 Å². The smallest absolute Gasteiger partial charge is 0.271 e. The lowest BCUT2D eigenvalue weighted by molar-refractivity contribution is 0.0960. The Kier molecular flexibility index (Phi) is 6.30. The van der Waals surface area contributed by atoms with E-state index in [2.05, 4.69) is 20.3 Å². The Bertz CT molecular complexity index is 1500. The van der Waals surface area contributed by atoms with Gasteiger partial charge in [-0.05, 0) is 18.2 Å². The highest BCUT2D eigenvalue weighted by molar-refractivity contribution is 7.74. The number of fused-ring (bicyclic) bond motifs is 1. The van der Waals surface area contributed by atoms with Crippen LogP contribution in [0.2, 0.25) is 5.02 Å². The maximum Gasteiger partial charge on any atom is 0.271 e. The Labute approximate surface area is 197 Å². The summed E-state index contributed by atoms with van der Waals surface area (Å²) in [6, 6.07) is 3.08. The number of amides is 1. The minimum atomic E-state index is -3.48. The number of carbonyl (C=O) groups excluding carboxylic acids is 1. The Morgan fingerprint density at radius 2 is 1.94 bits per heavy atom. The van der Waals surface area contributed by atoms with Crippen molar-refractivity contribution in [1.82, 2.24) is 24.7 Å². The maximum absolute atomic E-state index is 15.7. The number of anilines is 2. The fraction of sp³-hybridized carbons (Fsp3) is 0.100. The number of aromatic nitrogens is 4. The standard InChI is InChI=1S/C20H15ClF2N6O4S/c1-24-19(30)18-15-7-25-12(8-28(15)9-27-18)16-11(22)3-4-13(17(16)23)29(34(31)32)14-5-10(21)6-26-20(14)33-2/h3-9,34H,1-2H3,(H,24,30). The molecular weight excluding hydrogens is 494 g/mol. The second kappa shape index (κ2) is 9.19. The topological polar surface area (TPSA) is 119 Å². The second-order valence-electron chi connectivity index (χ2n) is 6.72. The summed E-state index contributed by atoms with van der Waals surface area (Å²) >= 11 is 5.95. The van der Waals surface area contributed by atoms with E-state index in [9.17, 15) is 17.6 Å². The molecule has 1 aromatic carbocycles. The number of imidazole rings is 1. The first-order valence-corrected chi connectivity index (χ1v) is 10.9. The van der Waals surface area contributed by atoms with Crippen molar-refractivity contribution in [2.45, 2.75) is 0 Å². The van der Waals surface area contributed by atoms with Gasteiger partial charge in [-0.3, -0.25) is 9.78 Å². The molecule has 0 spiro atoms. The van der Waals surface area contributed by atoms with Crippen molar-refractivity contribution in [2.24, 2.45) is 0 Å². The van der Waals surface area contributed by atoms with Gasteiger partial charge < -0.3 is 14.5 Å². The van der Waals surface area contributed by atoms with Gasteiger partial charge in [0.1, 0.15) is 17.8 Å². The van der Waals surface area contributed by atoms with Crippen LogP contribution in [0.3, 0.4) is 0 Å². The lowest BCUT2D eigenvalue weighted by atomic mass is 10.1. The van der Waals surface area contributed by atoms with Crippen molar-refractivity contribution < 1.29 is 26.7 Å². The van der Waals surface area contributed by atoms with Crippen LogP contribution in [0.1, 0.15) is 10.5 Å². The molecule has 176 valence electrons. The Morgan fingerprint density at radius 3 is 2.62 bits per heavy atom. The molecule has 0 bridgehead atoms. The monoisotopic (exact) mass is 508 g/mol. The number of halogens is 3. The van der Waals surface area contributed by atoms with Crippen molar-refractivity contribution in [2.75, 3.05) is 18.5 Å². The number of hydrogen-bond acceptors (Lipinski definition) is 7. The minimum Gasteiger partial charge on any atom is -0.479 e. The van der Waals surface area contributed by atoms with Gasteiger partial charge in [-0.1, -0.05) is 11.6 Å². The molecule has 4 aromatic rings. The van der Waals surface area contributed by atoms with Crippen molar-refractivity contribution >= 4 is 45.3 Å². The Balaban J connectivity index is 1.90. The maximum atomic E-state index is 15.7. The zero-order chi connectivity index (χ0) is 24.6. The average Bonchev–Trinajstić information content (AvgIpc) is 3.23. The molecule has 0 fully saturated rings. The predicted octanol–water partition coefficient (Wildman–Crippen LogP) is 2.76. The number of rotatable bonds is 6. The summed E-state index contributed by atoms with van der Waals surface area (Å²) in [5.41, 5.74) is -1.05. The Morgan fingerprint density at radius 1 is 1.18 bits per heavy atom. The van der Waals surface area contributed by atoms with Gasteiger partial charge in [0, 0.05) is 19.4 Å². The summed E-state index contributed by atoms with van der Waals surface area (Å²) in [4.78, 5) is 23.9. The number of hydrogen-bond donors (Lipinski definition) is 2. The fourth-order valence-corrected chi connectivity index (χ4v) is 4.09. The molecule has 0 aliphatic carbocycles. The number of benzene rings is 1. The van der Waals surface area contributed by atoms with Gasteiger partial charge in [0.25, 0.3) is 5.91 Å². The summed E-state index contributed by atoms with van der Waals surface area (Å²) in [7, 11) is -0.797. The molecule has 34 heavy (non-hydrogen) atoms. The van der Waals surface area contributed by atoms with E-state index in [1.807, 2.05) is 0 Å². The molecule has 0 saturated heterocycles. The van der Waals surface area contributed by atoms with Crippen molar-refractivity contribution in [3.05, 3.63) is 65.5 Å². The summed E-state index contributed by atoms with van der Waals surface area (Å²) in [6.07, 6.45) is 5.01. The van der Waals surface area contributed by atoms with E-state index in [0.29, 0.717) is 9.82 Å². The molecule has 1 amide bonds. The van der Waals surface area contributed by atoms with Gasteiger partial charge in [-0.2, -0.15) is 0 Å². The van der Waals surface area contributed by atoms with Crippen LogP contribution < -0.4 is 14.4 Å². The molecule has 0 aliphatic rings. The third-order valence-corrected chi connectivity index (χ3v) is 5.76. The molecule has 0 atom stereocenters. The van der Waals surface area contributed by atoms with Gasteiger partial charge in [-0.25, -0.2) is 31.5 Å². The van der Waals surface area contributed by atoms with Crippen LogP contribution in [-0.4, -0.2) is 47.8 Å². The van der Waals surface area contributed by atoms with E-state index in [0.717, 1.165) is 12.1 Å². The zero-order valence-electron chi connectivity index (χ0n) is 17.5. The molecule has 0 saturated carbocycles. The van der Waals surface area contributed by atoms with E-state index in [4.69, 9.17) is 16.3 Å². The number of ether oxygens (including phenoxy) is 1. The van der Waals surface area contributed by atoms with E-state index < -0.39 is 39.7 Å². The summed E-state index contributed by atoms with van der Waals surface area (Å²) < 4.78 is 61.8. The predicted molar refractivity (Wildman–Crippen MR) is 120 cm³/mol. The number of methoxy groups -OCH3 is 1. The summed E-state index contributed by atoms with van der Waals surface area (Å²) in [6.45, 7) is 0. The number of carbonyl (C=O) groups is 1. The third-order valence-electron chi connectivity index (χ3n) is 4.80.